The third-order valence-corrected chi connectivity index (χ3v) is 7.61. The molecular formula is C39H51N3O8. The van der Waals surface area contributed by atoms with Gasteiger partial charge in [0.15, 0.2) is 11.5 Å². The number of hydrogen-bond donors (Lipinski definition) is 2. The number of carbonyl (C=O) groups is 3. The van der Waals surface area contributed by atoms with Gasteiger partial charge in [0.1, 0.15) is 17.2 Å². The van der Waals surface area contributed by atoms with Crippen LogP contribution in [0.15, 0.2) is 60.7 Å². The molecule has 2 N–H and O–H groups in total. The smallest absolute Gasteiger partial charge is 0.408 e. The van der Waals surface area contributed by atoms with E-state index in [0.29, 0.717) is 24.8 Å². The number of nitrogens with one attached hydrogen (secondary N) is 2. The van der Waals surface area contributed by atoms with Crippen molar-refractivity contribution in [1.82, 2.24) is 15.6 Å². The maximum Gasteiger partial charge on any atom is 0.408 e. The van der Waals surface area contributed by atoms with Gasteiger partial charge in [0.25, 0.3) is 0 Å². The number of hydrogen-bond acceptors (Lipinski definition) is 9. The quantitative estimate of drug-likeness (QED) is 0.131. The predicted molar refractivity (Wildman–Crippen MR) is 191 cm³/mol. The molecule has 50 heavy (non-hydrogen) atoms. The minimum atomic E-state index is -1.15. The van der Waals surface area contributed by atoms with Crippen LogP contribution in [0.3, 0.4) is 0 Å². The second-order valence-electron chi connectivity index (χ2n) is 15.2. The maximum atomic E-state index is 13.2. The summed E-state index contributed by atoms with van der Waals surface area (Å²) in [6.45, 7) is 15.5. The number of rotatable bonds is 14. The molecule has 1 aromatic heterocycles. The zero-order valence-corrected chi connectivity index (χ0v) is 30.5. The van der Waals surface area contributed by atoms with E-state index in [2.05, 4.69) is 24.5 Å². The molecule has 0 saturated heterocycles. The number of nitrogens with zero attached hydrogens (tertiary/aromatic N) is 1. The van der Waals surface area contributed by atoms with Gasteiger partial charge in [-0.05, 0) is 95.5 Å². The molecular weight excluding hydrogens is 638 g/mol. The van der Waals surface area contributed by atoms with Gasteiger partial charge in [0, 0.05) is 18.2 Å². The molecule has 11 heteroatoms. The minimum absolute atomic E-state index is 0.210. The van der Waals surface area contributed by atoms with Crippen LogP contribution in [0, 0.1) is 5.41 Å². The molecule has 1 atom stereocenters. The first-order valence-corrected chi connectivity index (χ1v) is 17.1. The lowest BCUT2D eigenvalue weighted by molar-refractivity contribution is -0.156. The summed E-state index contributed by atoms with van der Waals surface area (Å²) in [5.41, 5.74) is 1.95. The Morgan fingerprint density at radius 1 is 0.800 bits per heavy atom. The number of carbonyl (C=O) groups excluding carboxylic acids is 3. The normalized spacial score (nSPS) is 13.3. The van der Waals surface area contributed by atoms with E-state index in [1.807, 2.05) is 60.7 Å². The number of pyridine rings is 1. The topological polar surface area (TPSA) is 134 Å². The third kappa shape index (κ3) is 12.3. The van der Waals surface area contributed by atoms with Crippen molar-refractivity contribution in [3.63, 3.8) is 0 Å². The fourth-order valence-corrected chi connectivity index (χ4v) is 5.21. The van der Waals surface area contributed by atoms with E-state index in [0.717, 1.165) is 47.4 Å². The van der Waals surface area contributed by atoms with E-state index in [1.54, 1.807) is 41.5 Å². The van der Waals surface area contributed by atoms with Gasteiger partial charge in [-0.3, -0.25) is 9.59 Å². The average molecular weight is 690 g/mol. The van der Waals surface area contributed by atoms with Crippen molar-refractivity contribution in [1.29, 1.82) is 0 Å². The molecule has 2 aromatic carbocycles. The first kappa shape index (κ1) is 38.0. The van der Waals surface area contributed by atoms with Crippen molar-refractivity contribution < 1.29 is 38.1 Å². The molecule has 3 aromatic rings. The highest BCUT2D eigenvalue weighted by atomic mass is 16.7. The van der Waals surface area contributed by atoms with Crippen molar-refractivity contribution >= 4 is 18.0 Å². The number of esters is 1. The van der Waals surface area contributed by atoms with Gasteiger partial charge in [0.05, 0.1) is 18.7 Å². The Morgan fingerprint density at radius 3 is 2.20 bits per heavy atom. The average Bonchev–Trinajstić information content (AvgIpc) is 3.50. The van der Waals surface area contributed by atoms with Crippen LogP contribution in [-0.4, -0.2) is 60.1 Å². The second kappa shape index (κ2) is 16.3. The number of aromatic nitrogens is 1. The largest absolute Gasteiger partial charge is 0.478 e. The van der Waals surface area contributed by atoms with Crippen LogP contribution in [0.4, 0.5) is 4.79 Å². The van der Waals surface area contributed by atoms with Crippen molar-refractivity contribution in [3.8, 4) is 39.8 Å². The number of benzene rings is 2. The van der Waals surface area contributed by atoms with Crippen molar-refractivity contribution in [3.05, 3.63) is 60.7 Å². The zero-order valence-electron chi connectivity index (χ0n) is 30.5. The zero-order chi connectivity index (χ0) is 36.5. The molecule has 0 bridgehead atoms. The molecule has 0 spiro atoms. The van der Waals surface area contributed by atoms with Crippen LogP contribution in [0.25, 0.3) is 22.4 Å². The molecule has 0 aliphatic carbocycles. The first-order valence-electron chi connectivity index (χ1n) is 17.1. The van der Waals surface area contributed by atoms with E-state index >= 15 is 0 Å². The summed E-state index contributed by atoms with van der Waals surface area (Å²) < 4.78 is 28.0. The number of fused-ring (bicyclic) bond motifs is 1. The Labute approximate surface area is 295 Å². The number of alkyl carbamates (subject to hydrolysis) is 1. The summed E-state index contributed by atoms with van der Waals surface area (Å²) in [7, 11) is 0. The Balaban J connectivity index is 1.32. The summed E-state index contributed by atoms with van der Waals surface area (Å²) in [6, 6.07) is 18.7. The molecule has 1 aliphatic heterocycles. The summed E-state index contributed by atoms with van der Waals surface area (Å²) >= 11 is 0. The lowest BCUT2D eigenvalue weighted by Gasteiger charge is -2.28. The highest BCUT2D eigenvalue weighted by molar-refractivity contribution is 5.89. The van der Waals surface area contributed by atoms with E-state index < -0.39 is 35.2 Å². The van der Waals surface area contributed by atoms with Gasteiger partial charge in [-0.25, -0.2) is 9.78 Å². The van der Waals surface area contributed by atoms with Gasteiger partial charge in [0.2, 0.25) is 18.6 Å². The van der Waals surface area contributed by atoms with Crippen LogP contribution in [0.1, 0.15) is 81.1 Å². The second-order valence-corrected chi connectivity index (χ2v) is 15.2. The van der Waals surface area contributed by atoms with Crippen LogP contribution in [0.5, 0.6) is 17.4 Å². The molecule has 0 unspecified atom stereocenters. The van der Waals surface area contributed by atoms with Crippen LogP contribution in [-0.2, 0) is 19.1 Å². The van der Waals surface area contributed by atoms with Crippen LogP contribution < -0.4 is 24.8 Å². The fourth-order valence-electron chi connectivity index (χ4n) is 5.21. The van der Waals surface area contributed by atoms with Gasteiger partial charge < -0.3 is 34.3 Å². The standard InChI is InChI=1S/C39H51N3O8/c1-37(2,3)49-34(43)23-30(42-36(45)50-38(4,5)6)35(44)40-24-39(7,8)18-12-13-19-46-33-22-28(20-29(41-33)26-14-10-9-11-15-26)27-16-17-31-32(21-27)48-25-47-31/h9-11,14-17,20-22,30H,12-13,18-19,23-25H2,1-8H3,(H,40,44)(H,42,45)/t30-/m0/s1. The van der Waals surface area contributed by atoms with Crippen LogP contribution >= 0.6 is 0 Å². The van der Waals surface area contributed by atoms with Gasteiger partial charge >= 0.3 is 12.1 Å². The monoisotopic (exact) mass is 689 g/mol. The lowest BCUT2D eigenvalue weighted by Crippen LogP contribution is -2.51. The number of amides is 2. The minimum Gasteiger partial charge on any atom is -0.478 e. The Kier molecular flexibility index (Phi) is 12.4. The maximum absolute atomic E-state index is 13.2. The SMILES string of the molecule is CC(C)(CCCCOc1cc(-c2ccc3c(c2)OCO3)cc(-c2ccccc2)n1)CNC(=O)[C@H](CC(=O)OC(C)(C)C)NC(=O)OC(C)(C)C. The van der Waals surface area contributed by atoms with E-state index in [-0.39, 0.29) is 18.6 Å². The lowest BCUT2D eigenvalue weighted by atomic mass is 9.87. The molecule has 2 heterocycles. The van der Waals surface area contributed by atoms with Gasteiger partial charge in [-0.15, -0.1) is 0 Å². The number of unbranched alkanes of at least 4 members (excludes halogenated alkanes) is 1. The first-order chi connectivity index (χ1) is 23.5. The van der Waals surface area contributed by atoms with E-state index in [1.165, 1.54) is 0 Å². The summed E-state index contributed by atoms with van der Waals surface area (Å²) in [5.74, 6) is 0.877. The van der Waals surface area contributed by atoms with Crippen molar-refractivity contribution in [2.24, 2.45) is 5.41 Å². The third-order valence-electron chi connectivity index (χ3n) is 7.61. The van der Waals surface area contributed by atoms with Gasteiger partial charge in [-0.2, -0.15) is 0 Å². The molecule has 1 aliphatic rings. The molecule has 270 valence electrons. The summed E-state index contributed by atoms with van der Waals surface area (Å²) in [6.07, 6.45) is 1.30. The van der Waals surface area contributed by atoms with E-state index in [9.17, 15) is 14.4 Å². The molecule has 11 nitrogen and oxygen atoms in total. The highest BCUT2D eigenvalue weighted by Crippen LogP contribution is 2.37. The van der Waals surface area contributed by atoms with Crippen LogP contribution in [0.2, 0.25) is 0 Å². The van der Waals surface area contributed by atoms with Crippen molar-refractivity contribution in [2.75, 3.05) is 19.9 Å². The number of ether oxygens (including phenoxy) is 5. The molecule has 0 fully saturated rings. The molecule has 0 saturated carbocycles. The highest BCUT2D eigenvalue weighted by Gasteiger charge is 2.30. The Hall–Kier alpha value is -4.80. The Bertz CT molecular complexity index is 1600. The molecule has 0 radical (unpaired) electrons. The fraction of sp³-hybridized carbons (Fsp3) is 0.487. The van der Waals surface area contributed by atoms with Gasteiger partial charge in [-0.1, -0.05) is 50.2 Å². The summed E-state index contributed by atoms with van der Waals surface area (Å²) in [5, 5.41) is 5.44. The molecule has 2 amide bonds. The molecule has 4 rings (SSSR count). The van der Waals surface area contributed by atoms with Crippen molar-refractivity contribution in [2.45, 2.75) is 98.3 Å². The predicted octanol–water partition coefficient (Wildman–Crippen LogP) is 7.46. The Morgan fingerprint density at radius 2 is 1.50 bits per heavy atom. The summed E-state index contributed by atoms with van der Waals surface area (Å²) in [4.78, 5) is 43.0. The van der Waals surface area contributed by atoms with E-state index in [4.69, 9.17) is 28.7 Å².